The summed E-state index contributed by atoms with van der Waals surface area (Å²) in [6.07, 6.45) is 0.572. The fraction of sp³-hybridized carbons (Fsp3) is 0.333. The molecule has 0 aliphatic carbocycles. The van der Waals surface area contributed by atoms with Crippen molar-refractivity contribution in [3.05, 3.63) is 34.3 Å². The molecule has 0 fully saturated rings. The Kier molecular flexibility index (Phi) is 5.00. The van der Waals surface area contributed by atoms with Gasteiger partial charge in [-0.25, -0.2) is 0 Å². The van der Waals surface area contributed by atoms with Crippen molar-refractivity contribution in [3.63, 3.8) is 0 Å². The van der Waals surface area contributed by atoms with Crippen molar-refractivity contribution in [2.45, 2.75) is 19.4 Å². The number of benzene rings is 1. The molecule has 84 valence electrons. The highest BCUT2D eigenvalue weighted by atomic mass is 79.9. The molecule has 0 saturated carbocycles. The molecule has 0 bridgehead atoms. The minimum absolute atomic E-state index is 0.00141. The third kappa shape index (κ3) is 4.03. The molecule has 1 aromatic carbocycles. The molecule has 1 aromatic rings. The largest absolute Gasteiger partial charge is 0.341 e. The van der Waals surface area contributed by atoms with Gasteiger partial charge in [0, 0.05) is 30.9 Å². The van der Waals surface area contributed by atoms with E-state index in [9.17, 15) is 4.79 Å². The Hall–Kier alpha value is -1.34. The molecule has 0 aliphatic rings. The number of nitrogens with zero attached hydrogens (tertiary/aromatic N) is 2. The molecule has 1 amide bonds. The standard InChI is InChI=1S/C12H13BrN2O/c1-15(12(16)6-3-7-14)9-10-4-2-5-11(13)8-10/h2,4-5,8H,3,6,9H2,1H3. The van der Waals surface area contributed by atoms with Gasteiger partial charge in [0.2, 0.25) is 5.91 Å². The highest BCUT2D eigenvalue weighted by molar-refractivity contribution is 9.10. The van der Waals surface area contributed by atoms with E-state index in [1.54, 1.807) is 11.9 Å². The number of rotatable bonds is 4. The zero-order valence-corrected chi connectivity index (χ0v) is 10.7. The van der Waals surface area contributed by atoms with Crippen LogP contribution in [0, 0.1) is 11.3 Å². The van der Waals surface area contributed by atoms with E-state index in [1.807, 2.05) is 30.3 Å². The number of amides is 1. The van der Waals surface area contributed by atoms with Gasteiger partial charge in [-0.3, -0.25) is 4.79 Å². The van der Waals surface area contributed by atoms with Crippen molar-refractivity contribution in [2.24, 2.45) is 0 Å². The van der Waals surface area contributed by atoms with Crippen LogP contribution in [0.2, 0.25) is 0 Å². The van der Waals surface area contributed by atoms with Gasteiger partial charge in [-0.1, -0.05) is 28.1 Å². The zero-order valence-electron chi connectivity index (χ0n) is 9.11. The summed E-state index contributed by atoms with van der Waals surface area (Å²) >= 11 is 3.38. The molecular weight excluding hydrogens is 268 g/mol. The average Bonchev–Trinajstić information content (AvgIpc) is 2.25. The number of nitriles is 1. The van der Waals surface area contributed by atoms with Gasteiger partial charge < -0.3 is 4.90 Å². The van der Waals surface area contributed by atoms with Crippen LogP contribution in [0.5, 0.6) is 0 Å². The number of carbonyl (C=O) groups excluding carboxylic acids is 1. The summed E-state index contributed by atoms with van der Waals surface area (Å²) in [6.45, 7) is 0.573. The van der Waals surface area contributed by atoms with Gasteiger partial charge in [0.05, 0.1) is 6.07 Å². The SMILES string of the molecule is CN(Cc1cccc(Br)c1)C(=O)CCC#N. The highest BCUT2D eigenvalue weighted by Gasteiger charge is 2.08. The van der Waals surface area contributed by atoms with Crippen molar-refractivity contribution in [3.8, 4) is 6.07 Å². The van der Waals surface area contributed by atoms with Crippen molar-refractivity contribution < 1.29 is 4.79 Å². The molecule has 4 heteroatoms. The summed E-state index contributed by atoms with van der Waals surface area (Å²) in [5, 5.41) is 8.40. The van der Waals surface area contributed by atoms with Crippen molar-refractivity contribution in [1.82, 2.24) is 4.90 Å². The Labute approximate surface area is 104 Å². The fourth-order valence-electron chi connectivity index (χ4n) is 1.35. The first-order valence-electron chi connectivity index (χ1n) is 4.99. The van der Waals surface area contributed by atoms with Crippen molar-refractivity contribution >= 4 is 21.8 Å². The van der Waals surface area contributed by atoms with E-state index < -0.39 is 0 Å². The Morgan fingerprint density at radius 3 is 2.94 bits per heavy atom. The number of carbonyl (C=O) groups is 1. The zero-order chi connectivity index (χ0) is 12.0. The first-order chi connectivity index (χ1) is 7.63. The van der Waals surface area contributed by atoms with Gasteiger partial charge in [0.1, 0.15) is 0 Å². The van der Waals surface area contributed by atoms with E-state index in [-0.39, 0.29) is 12.3 Å². The maximum Gasteiger partial charge on any atom is 0.223 e. The van der Waals surface area contributed by atoms with Crippen LogP contribution >= 0.6 is 15.9 Å². The molecule has 0 atom stereocenters. The quantitative estimate of drug-likeness (QED) is 0.851. The molecule has 0 unspecified atom stereocenters. The first-order valence-corrected chi connectivity index (χ1v) is 5.78. The van der Waals surface area contributed by atoms with Crippen LogP contribution in [0.4, 0.5) is 0 Å². The van der Waals surface area contributed by atoms with Crippen LogP contribution in [-0.2, 0) is 11.3 Å². The topological polar surface area (TPSA) is 44.1 Å². The van der Waals surface area contributed by atoms with E-state index in [0.717, 1.165) is 10.0 Å². The second kappa shape index (κ2) is 6.29. The molecule has 0 heterocycles. The number of hydrogen-bond donors (Lipinski definition) is 0. The van der Waals surface area contributed by atoms with Gasteiger partial charge in [0.25, 0.3) is 0 Å². The van der Waals surface area contributed by atoms with Crippen molar-refractivity contribution in [2.75, 3.05) is 7.05 Å². The Morgan fingerprint density at radius 1 is 1.56 bits per heavy atom. The molecule has 0 aliphatic heterocycles. The summed E-state index contributed by atoms with van der Waals surface area (Å²) in [7, 11) is 1.75. The molecular formula is C12H13BrN2O. The van der Waals surface area contributed by atoms with Crippen LogP contribution in [-0.4, -0.2) is 17.9 Å². The van der Waals surface area contributed by atoms with E-state index in [1.165, 1.54) is 0 Å². The summed E-state index contributed by atoms with van der Waals surface area (Å²) < 4.78 is 1.00. The maximum absolute atomic E-state index is 11.6. The lowest BCUT2D eigenvalue weighted by Gasteiger charge is -2.16. The Morgan fingerprint density at radius 2 is 2.31 bits per heavy atom. The van der Waals surface area contributed by atoms with E-state index in [4.69, 9.17) is 5.26 Å². The lowest BCUT2D eigenvalue weighted by Crippen LogP contribution is -2.25. The normalized spacial score (nSPS) is 9.56. The smallest absolute Gasteiger partial charge is 0.223 e. The van der Waals surface area contributed by atoms with Crippen LogP contribution in [0.1, 0.15) is 18.4 Å². The summed E-state index contributed by atoms with van der Waals surface area (Å²) in [6, 6.07) is 9.81. The lowest BCUT2D eigenvalue weighted by atomic mass is 10.2. The van der Waals surface area contributed by atoms with E-state index in [2.05, 4.69) is 15.9 Å². The Balaban J connectivity index is 2.54. The predicted molar refractivity (Wildman–Crippen MR) is 65.5 cm³/mol. The van der Waals surface area contributed by atoms with E-state index >= 15 is 0 Å². The molecule has 1 rings (SSSR count). The monoisotopic (exact) mass is 280 g/mol. The van der Waals surface area contributed by atoms with Crippen LogP contribution in [0.25, 0.3) is 0 Å². The van der Waals surface area contributed by atoms with Gasteiger partial charge in [-0.2, -0.15) is 5.26 Å². The fourth-order valence-corrected chi connectivity index (χ4v) is 1.80. The van der Waals surface area contributed by atoms with Gasteiger partial charge in [0.15, 0.2) is 0 Å². The van der Waals surface area contributed by atoms with Crippen molar-refractivity contribution in [1.29, 1.82) is 5.26 Å². The average molecular weight is 281 g/mol. The maximum atomic E-state index is 11.6. The summed E-state index contributed by atoms with van der Waals surface area (Å²) in [4.78, 5) is 13.2. The van der Waals surface area contributed by atoms with Gasteiger partial charge in [-0.05, 0) is 17.7 Å². The third-order valence-electron chi connectivity index (χ3n) is 2.19. The van der Waals surface area contributed by atoms with Gasteiger partial charge in [-0.15, -0.1) is 0 Å². The molecule has 0 spiro atoms. The first kappa shape index (κ1) is 12.7. The second-order valence-corrected chi connectivity index (χ2v) is 4.45. The molecule has 0 radical (unpaired) electrons. The van der Waals surface area contributed by atoms with Gasteiger partial charge >= 0.3 is 0 Å². The number of halogens is 1. The molecule has 0 saturated heterocycles. The van der Waals surface area contributed by atoms with Crippen LogP contribution < -0.4 is 0 Å². The summed E-state index contributed by atoms with van der Waals surface area (Å²) in [5.41, 5.74) is 1.07. The molecule has 16 heavy (non-hydrogen) atoms. The molecule has 0 N–H and O–H groups in total. The van der Waals surface area contributed by atoms with Crippen LogP contribution in [0.3, 0.4) is 0 Å². The molecule has 3 nitrogen and oxygen atoms in total. The number of hydrogen-bond acceptors (Lipinski definition) is 2. The Bertz CT molecular complexity index is 412. The van der Waals surface area contributed by atoms with Crippen LogP contribution in [0.15, 0.2) is 28.7 Å². The lowest BCUT2D eigenvalue weighted by molar-refractivity contribution is -0.130. The highest BCUT2D eigenvalue weighted by Crippen LogP contribution is 2.13. The summed E-state index contributed by atoms with van der Waals surface area (Å²) in [5.74, 6) is 0.00141. The molecule has 0 aromatic heterocycles. The minimum Gasteiger partial charge on any atom is -0.341 e. The van der Waals surface area contributed by atoms with E-state index in [0.29, 0.717) is 13.0 Å². The predicted octanol–water partition coefficient (Wildman–Crippen LogP) is 2.71. The second-order valence-electron chi connectivity index (χ2n) is 3.54. The minimum atomic E-state index is 0.00141. The third-order valence-corrected chi connectivity index (χ3v) is 2.68.